The molecule has 1 fully saturated rings. The summed E-state index contributed by atoms with van der Waals surface area (Å²) in [6, 6.07) is 8.57. The highest BCUT2D eigenvalue weighted by atomic mass is 16.5. The number of hydrogen-bond donors (Lipinski definition) is 2. The molecule has 1 atom stereocenters. The molecule has 0 spiro atoms. The number of rotatable bonds is 4. The average Bonchev–Trinajstić information content (AvgIpc) is 2.55. The summed E-state index contributed by atoms with van der Waals surface area (Å²) >= 11 is 0. The standard InChI is InChI=1S/C18H27NO2/c1-14-6-9-18(13-20,10-7-14)19-12-17-16-5-3-2-4-15(16)8-11-21-17/h2-5,14,17,19-20H,6-13H2,1H3. The lowest BCUT2D eigenvalue weighted by Crippen LogP contribution is -2.52. The summed E-state index contributed by atoms with van der Waals surface area (Å²) in [6.07, 6.45) is 5.68. The molecule has 0 radical (unpaired) electrons. The Bertz CT molecular complexity index is 466. The lowest BCUT2D eigenvalue weighted by atomic mass is 9.77. The number of fused-ring (bicyclic) bond motifs is 1. The Morgan fingerprint density at radius 1 is 1.29 bits per heavy atom. The molecule has 1 unspecified atom stereocenters. The van der Waals surface area contributed by atoms with Gasteiger partial charge in [-0.1, -0.05) is 31.2 Å². The van der Waals surface area contributed by atoms with Crippen LogP contribution in [0.5, 0.6) is 0 Å². The van der Waals surface area contributed by atoms with Crippen LogP contribution in [0, 0.1) is 5.92 Å². The molecule has 21 heavy (non-hydrogen) atoms. The Labute approximate surface area is 127 Å². The molecule has 1 aliphatic heterocycles. The molecule has 3 rings (SSSR count). The van der Waals surface area contributed by atoms with Gasteiger partial charge in [-0.2, -0.15) is 0 Å². The molecule has 0 saturated heterocycles. The summed E-state index contributed by atoms with van der Waals surface area (Å²) in [5.41, 5.74) is 2.63. The van der Waals surface area contributed by atoms with Crippen molar-refractivity contribution in [2.45, 2.75) is 50.7 Å². The molecule has 0 amide bonds. The molecule has 3 heteroatoms. The van der Waals surface area contributed by atoms with Crippen LogP contribution in [-0.4, -0.2) is 30.4 Å². The Balaban J connectivity index is 1.65. The minimum atomic E-state index is -0.0950. The van der Waals surface area contributed by atoms with Crippen LogP contribution in [0.15, 0.2) is 24.3 Å². The minimum absolute atomic E-state index is 0.0950. The Morgan fingerprint density at radius 2 is 2.05 bits per heavy atom. The SMILES string of the molecule is CC1CCC(CO)(NCC2OCCc3ccccc32)CC1. The number of aliphatic hydroxyl groups excluding tert-OH is 1. The highest BCUT2D eigenvalue weighted by molar-refractivity contribution is 5.31. The van der Waals surface area contributed by atoms with Crippen LogP contribution in [0.4, 0.5) is 0 Å². The van der Waals surface area contributed by atoms with Gasteiger partial charge in [0.25, 0.3) is 0 Å². The largest absolute Gasteiger partial charge is 0.394 e. The van der Waals surface area contributed by atoms with Gasteiger partial charge in [0.15, 0.2) is 0 Å². The zero-order valence-electron chi connectivity index (χ0n) is 13.0. The molecule has 2 N–H and O–H groups in total. The maximum Gasteiger partial charge on any atom is 0.0952 e. The van der Waals surface area contributed by atoms with Crippen molar-refractivity contribution in [1.29, 1.82) is 0 Å². The van der Waals surface area contributed by atoms with Crippen molar-refractivity contribution < 1.29 is 9.84 Å². The van der Waals surface area contributed by atoms with E-state index in [2.05, 4.69) is 36.5 Å². The Hall–Kier alpha value is -0.900. The van der Waals surface area contributed by atoms with Crippen LogP contribution < -0.4 is 5.32 Å². The topological polar surface area (TPSA) is 41.5 Å². The third-order valence-electron chi connectivity index (χ3n) is 5.29. The number of aliphatic hydroxyl groups is 1. The predicted octanol–water partition coefficient (Wildman–Crippen LogP) is 2.83. The van der Waals surface area contributed by atoms with E-state index in [9.17, 15) is 5.11 Å². The van der Waals surface area contributed by atoms with E-state index in [1.165, 1.54) is 24.0 Å². The summed E-state index contributed by atoms with van der Waals surface area (Å²) in [6.45, 7) is 4.13. The fraction of sp³-hybridized carbons (Fsp3) is 0.667. The maximum atomic E-state index is 9.85. The third-order valence-corrected chi connectivity index (χ3v) is 5.29. The second-order valence-electron chi connectivity index (χ2n) is 6.81. The normalized spacial score (nSPS) is 32.7. The summed E-state index contributed by atoms with van der Waals surface area (Å²) in [4.78, 5) is 0. The van der Waals surface area contributed by atoms with Gasteiger partial charge in [-0.25, -0.2) is 0 Å². The molecule has 3 nitrogen and oxygen atoms in total. The number of benzene rings is 1. The van der Waals surface area contributed by atoms with Crippen molar-refractivity contribution in [3.8, 4) is 0 Å². The van der Waals surface area contributed by atoms with Crippen molar-refractivity contribution in [1.82, 2.24) is 5.32 Å². The zero-order chi connectivity index (χ0) is 14.7. The predicted molar refractivity (Wildman–Crippen MR) is 84.3 cm³/mol. The molecule has 116 valence electrons. The lowest BCUT2D eigenvalue weighted by molar-refractivity contribution is 0.0246. The fourth-order valence-corrected chi connectivity index (χ4v) is 3.66. The van der Waals surface area contributed by atoms with Crippen LogP contribution in [0.25, 0.3) is 0 Å². The molecule has 1 saturated carbocycles. The van der Waals surface area contributed by atoms with E-state index in [-0.39, 0.29) is 18.2 Å². The molecular weight excluding hydrogens is 262 g/mol. The van der Waals surface area contributed by atoms with Crippen molar-refractivity contribution >= 4 is 0 Å². The number of hydrogen-bond acceptors (Lipinski definition) is 3. The quantitative estimate of drug-likeness (QED) is 0.895. The van der Waals surface area contributed by atoms with Crippen LogP contribution >= 0.6 is 0 Å². The molecule has 0 aromatic heterocycles. The van der Waals surface area contributed by atoms with Gasteiger partial charge in [-0.15, -0.1) is 0 Å². The van der Waals surface area contributed by atoms with Gasteiger partial charge in [0, 0.05) is 12.1 Å². The minimum Gasteiger partial charge on any atom is -0.394 e. The van der Waals surface area contributed by atoms with Gasteiger partial charge in [0.05, 0.1) is 19.3 Å². The molecule has 1 aliphatic carbocycles. The smallest absolute Gasteiger partial charge is 0.0952 e. The van der Waals surface area contributed by atoms with Gasteiger partial charge < -0.3 is 15.2 Å². The number of ether oxygens (including phenoxy) is 1. The van der Waals surface area contributed by atoms with Gasteiger partial charge in [0.1, 0.15) is 0 Å². The van der Waals surface area contributed by atoms with E-state index < -0.39 is 0 Å². The van der Waals surface area contributed by atoms with Crippen molar-refractivity contribution in [2.75, 3.05) is 19.8 Å². The first-order valence-corrected chi connectivity index (χ1v) is 8.28. The van der Waals surface area contributed by atoms with E-state index in [1.54, 1.807) is 0 Å². The molecule has 1 heterocycles. The van der Waals surface area contributed by atoms with Crippen LogP contribution in [0.3, 0.4) is 0 Å². The first kappa shape index (κ1) is 15.0. The first-order chi connectivity index (χ1) is 10.2. The Kier molecular flexibility index (Phi) is 4.63. The summed E-state index contributed by atoms with van der Waals surface area (Å²) in [5.74, 6) is 0.790. The summed E-state index contributed by atoms with van der Waals surface area (Å²) in [7, 11) is 0. The van der Waals surface area contributed by atoms with Crippen LogP contribution in [0.2, 0.25) is 0 Å². The highest BCUT2D eigenvalue weighted by Gasteiger charge is 2.34. The second kappa shape index (κ2) is 6.47. The molecular formula is C18H27NO2. The van der Waals surface area contributed by atoms with Gasteiger partial charge in [0.2, 0.25) is 0 Å². The van der Waals surface area contributed by atoms with E-state index in [1.807, 2.05) is 0 Å². The average molecular weight is 289 g/mol. The maximum absolute atomic E-state index is 9.85. The van der Waals surface area contributed by atoms with Gasteiger partial charge in [-0.3, -0.25) is 0 Å². The van der Waals surface area contributed by atoms with Crippen molar-refractivity contribution in [3.63, 3.8) is 0 Å². The molecule has 0 bridgehead atoms. The van der Waals surface area contributed by atoms with E-state index in [4.69, 9.17) is 4.74 Å². The van der Waals surface area contributed by atoms with Crippen molar-refractivity contribution in [3.05, 3.63) is 35.4 Å². The molecule has 1 aromatic carbocycles. The van der Waals surface area contributed by atoms with Crippen LogP contribution in [-0.2, 0) is 11.2 Å². The molecule has 1 aromatic rings. The Morgan fingerprint density at radius 3 is 2.81 bits per heavy atom. The van der Waals surface area contributed by atoms with Gasteiger partial charge >= 0.3 is 0 Å². The third kappa shape index (κ3) is 3.31. The van der Waals surface area contributed by atoms with Crippen LogP contribution in [0.1, 0.15) is 49.8 Å². The highest BCUT2D eigenvalue weighted by Crippen LogP contribution is 2.33. The molecule has 2 aliphatic rings. The van der Waals surface area contributed by atoms with Gasteiger partial charge in [-0.05, 0) is 49.1 Å². The van der Waals surface area contributed by atoms with E-state index in [0.29, 0.717) is 0 Å². The lowest BCUT2D eigenvalue weighted by Gasteiger charge is -2.40. The number of nitrogens with one attached hydrogen (secondary N) is 1. The van der Waals surface area contributed by atoms with E-state index in [0.717, 1.165) is 38.3 Å². The second-order valence-corrected chi connectivity index (χ2v) is 6.81. The van der Waals surface area contributed by atoms with E-state index >= 15 is 0 Å². The zero-order valence-corrected chi connectivity index (χ0v) is 13.0. The fourth-order valence-electron chi connectivity index (χ4n) is 3.66. The summed E-state index contributed by atoms with van der Waals surface area (Å²) < 4.78 is 5.96. The summed E-state index contributed by atoms with van der Waals surface area (Å²) in [5, 5.41) is 13.5. The monoisotopic (exact) mass is 289 g/mol. The van der Waals surface area contributed by atoms with Crippen molar-refractivity contribution in [2.24, 2.45) is 5.92 Å². The first-order valence-electron chi connectivity index (χ1n) is 8.28.